The summed E-state index contributed by atoms with van der Waals surface area (Å²) in [6.07, 6.45) is 0. The van der Waals surface area contributed by atoms with E-state index < -0.39 is 16.5 Å². The maximum Gasteiger partial charge on any atom is 0.345 e. The number of rotatable bonds is 4. The van der Waals surface area contributed by atoms with Crippen molar-refractivity contribution in [1.29, 1.82) is 0 Å². The van der Waals surface area contributed by atoms with Crippen LogP contribution >= 0.6 is 0 Å². The van der Waals surface area contributed by atoms with E-state index in [2.05, 4.69) is 0 Å². The predicted octanol–water partition coefficient (Wildman–Crippen LogP) is 1.92. The molecule has 6 heteroatoms. The van der Waals surface area contributed by atoms with Crippen molar-refractivity contribution in [3.05, 3.63) is 75.8 Å². The fourth-order valence-corrected chi connectivity index (χ4v) is 1.92. The number of hydrogen-bond acceptors (Lipinski definition) is 4. The largest absolute Gasteiger partial charge is 0.479 e. The van der Waals surface area contributed by atoms with E-state index in [1.807, 2.05) is 0 Å². The molecule has 0 aliphatic heterocycles. The van der Waals surface area contributed by atoms with E-state index in [-0.39, 0.29) is 16.8 Å². The zero-order valence-corrected chi connectivity index (χ0v) is 10.3. The van der Waals surface area contributed by atoms with Crippen LogP contribution in [0.5, 0.6) is 0 Å². The third-order valence-electron chi connectivity index (χ3n) is 3.00. The van der Waals surface area contributed by atoms with Crippen molar-refractivity contribution in [2.24, 2.45) is 0 Å². The second-order valence-electron chi connectivity index (χ2n) is 4.19. The molecule has 0 saturated heterocycles. The molecule has 0 saturated carbocycles. The Balaban J connectivity index is 2.54. The van der Waals surface area contributed by atoms with Crippen molar-refractivity contribution < 1.29 is 19.9 Å². The first-order chi connectivity index (χ1) is 9.46. The van der Waals surface area contributed by atoms with E-state index in [9.17, 15) is 25.1 Å². The monoisotopic (exact) mass is 273 g/mol. The van der Waals surface area contributed by atoms with E-state index in [0.29, 0.717) is 0 Å². The second-order valence-corrected chi connectivity index (χ2v) is 4.19. The number of carboxylic acid groups (broad SMARTS) is 1. The van der Waals surface area contributed by atoms with Crippen molar-refractivity contribution in [2.45, 2.75) is 5.60 Å². The van der Waals surface area contributed by atoms with Gasteiger partial charge in [0.1, 0.15) is 0 Å². The van der Waals surface area contributed by atoms with Crippen LogP contribution in [0.3, 0.4) is 0 Å². The normalized spacial score (nSPS) is 13.4. The van der Waals surface area contributed by atoms with Gasteiger partial charge in [0.25, 0.3) is 5.69 Å². The first kappa shape index (κ1) is 13.7. The topological polar surface area (TPSA) is 101 Å². The van der Waals surface area contributed by atoms with Crippen LogP contribution in [0.1, 0.15) is 11.1 Å². The summed E-state index contributed by atoms with van der Waals surface area (Å²) in [6, 6.07) is 12.7. The van der Waals surface area contributed by atoms with Gasteiger partial charge in [-0.1, -0.05) is 30.3 Å². The van der Waals surface area contributed by atoms with Crippen LogP contribution in [0.25, 0.3) is 0 Å². The van der Waals surface area contributed by atoms with Crippen LogP contribution in [0.4, 0.5) is 5.69 Å². The van der Waals surface area contributed by atoms with Crippen molar-refractivity contribution in [2.75, 3.05) is 0 Å². The van der Waals surface area contributed by atoms with Crippen LogP contribution in [0.15, 0.2) is 54.6 Å². The number of carboxylic acids is 1. The molecule has 1 atom stereocenters. The number of hydrogen-bond donors (Lipinski definition) is 2. The Morgan fingerprint density at radius 1 is 1.00 bits per heavy atom. The maximum atomic E-state index is 11.5. The fourth-order valence-electron chi connectivity index (χ4n) is 1.92. The Labute approximate surface area is 114 Å². The first-order valence-corrected chi connectivity index (χ1v) is 5.72. The summed E-state index contributed by atoms with van der Waals surface area (Å²) < 4.78 is 0. The third-order valence-corrected chi connectivity index (χ3v) is 3.00. The molecule has 0 aromatic heterocycles. The standard InChI is InChI=1S/C14H11NO5/c16-13(17)14(18,10-4-2-1-3-5-10)11-6-8-12(9-7-11)15(19)20/h1-9,18H,(H,16,17)/t14-/m0/s1. The molecule has 2 aromatic carbocycles. The van der Waals surface area contributed by atoms with E-state index in [1.54, 1.807) is 18.2 Å². The number of aliphatic carboxylic acids is 1. The highest BCUT2D eigenvalue weighted by atomic mass is 16.6. The van der Waals surface area contributed by atoms with Crippen molar-refractivity contribution in [1.82, 2.24) is 0 Å². The number of nitro groups is 1. The van der Waals surface area contributed by atoms with Crippen molar-refractivity contribution in [3.63, 3.8) is 0 Å². The third kappa shape index (κ3) is 2.24. The van der Waals surface area contributed by atoms with E-state index in [1.165, 1.54) is 24.3 Å². The van der Waals surface area contributed by atoms with Crippen LogP contribution in [0.2, 0.25) is 0 Å². The molecular formula is C14H11NO5. The van der Waals surface area contributed by atoms with Crippen molar-refractivity contribution >= 4 is 11.7 Å². The molecule has 0 spiro atoms. The minimum atomic E-state index is -2.24. The zero-order chi connectivity index (χ0) is 14.8. The smallest absolute Gasteiger partial charge is 0.345 e. The lowest BCUT2D eigenvalue weighted by Gasteiger charge is -2.24. The molecule has 20 heavy (non-hydrogen) atoms. The minimum Gasteiger partial charge on any atom is -0.479 e. The Bertz CT molecular complexity index is 638. The molecule has 2 N–H and O–H groups in total. The van der Waals surface area contributed by atoms with Gasteiger partial charge in [-0.15, -0.1) is 0 Å². The highest BCUT2D eigenvalue weighted by molar-refractivity contribution is 5.83. The van der Waals surface area contributed by atoms with E-state index >= 15 is 0 Å². The molecule has 0 aliphatic carbocycles. The molecule has 0 aliphatic rings. The van der Waals surface area contributed by atoms with Gasteiger partial charge in [0, 0.05) is 12.1 Å². The molecule has 0 unspecified atom stereocenters. The highest BCUT2D eigenvalue weighted by Crippen LogP contribution is 2.31. The lowest BCUT2D eigenvalue weighted by atomic mass is 9.86. The molecule has 102 valence electrons. The SMILES string of the molecule is O=C(O)[C@](O)(c1ccccc1)c1ccc([N+](=O)[O-])cc1. The lowest BCUT2D eigenvalue weighted by molar-refractivity contribution is -0.384. The van der Waals surface area contributed by atoms with Crippen LogP contribution in [-0.2, 0) is 10.4 Å². The quantitative estimate of drug-likeness (QED) is 0.654. The first-order valence-electron chi connectivity index (χ1n) is 5.72. The fraction of sp³-hybridized carbons (Fsp3) is 0.0714. The summed E-state index contributed by atoms with van der Waals surface area (Å²) in [7, 11) is 0. The average Bonchev–Trinajstić information content (AvgIpc) is 2.47. The molecule has 2 rings (SSSR count). The van der Waals surface area contributed by atoms with Crippen LogP contribution in [-0.4, -0.2) is 21.1 Å². The Hall–Kier alpha value is -2.73. The minimum absolute atomic E-state index is 0.0572. The van der Waals surface area contributed by atoms with Gasteiger partial charge in [0.2, 0.25) is 5.60 Å². The number of benzene rings is 2. The number of carbonyl (C=O) groups is 1. The number of aliphatic hydroxyl groups is 1. The average molecular weight is 273 g/mol. The molecule has 0 radical (unpaired) electrons. The summed E-state index contributed by atoms with van der Waals surface area (Å²) in [5.41, 5.74) is -2.17. The van der Waals surface area contributed by atoms with Crippen LogP contribution in [0, 0.1) is 10.1 Å². The molecule has 0 bridgehead atoms. The molecule has 0 fully saturated rings. The van der Waals surface area contributed by atoms with Gasteiger partial charge < -0.3 is 10.2 Å². The molecule has 0 heterocycles. The van der Waals surface area contributed by atoms with E-state index in [4.69, 9.17) is 0 Å². The summed E-state index contributed by atoms with van der Waals surface area (Å²) in [6.45, 7) is 0. The van der Waals surface area contributed by atoms with E-state index in [0.717, 1.165) is 12.1 Å². The van der Waals surface area contributed by atoms with Gasteiger partial charge in [-0.3, -0.25) is 10.1 Å². The Morgan fingerprint density at radius 2 is 1.50 bits per heavy atom. The molecule has 6 nitrogen and oxygen atoms in total. The Morgan fingerprint density at radius 3 is 1.95 bits per heavy atom. The van der Waals surface area contributed by atoms with Gasteiger partial charge in [-0.25, -0.2) is 4.79 Å². The number of non-ortho nitro benzene ring substituents is 1. The Kier molecular flexibility index (Phi) is 3.49. The summed E-state index contributed by atoms with van der Waals surface area (Å²) in [5, 5.41) is 30.4. The van der Waals surface area contributed by atoms with Gasteiger partial charge >= 0.3 is 5.97 Å². The van der Waals surface area contributed by atoms with Gasteiger partial charge in [0.05, 0.1) is 4.92 Å². The van der Waals surface area contributed by atoms with Gasteiger partial charge in [-0.05, 0) is 23.3 Å². The number of nitro benzene ring substituents is 1. The summed E-state index contributed by atoms with van der Waals surface area (Å²) in [5.74, 6) is -1.45. The molecule has 0 amide bonds. The second kappa shape index (κ2) is 5.10. The van der Waals surface area contributed by atoms with Gasteiger partial charge in [-0.2, -0.15) is 0 Å². The summed E-state index contributed by atoms with van der Waals surface area (Å²) >= 11 is 0. The predicted molar refractivity (Wildman–Crippen MR) is 70.2 cm³/mol. The maximum absolute atomic E-state index is 11.5. The highest BCUT2D eigenvalue weighted by Gasteiger charge is 2.40. The van der Waals surface area contributed by atoms with Gasteiger partial charge in [0.15, 0.2) is 0 Å². The zero-order valence-electron chi connectivity index (χ0n) is 10.3. The van der Waals surface area contributed by atoms with Crippen molar-refractivity contribution in [3.8, 4) is 0 Å². The summed E-state index contributed by atoms with van der Waals surface area (Å²) in [4.78, 5) is 21.5. The van der Waals surface area contributed by atoms with Crippen LogP contribution < -0.4 is 0 Å². The lowest BCUT2D eigenvalue weighted by Crippen LogP contribution is -2.36. The molecular weight excluding hydrogens is 262 g/mol. The number of nitrogens with zero attached hydrogens (tertiary/aromatic N) is 1. The molecule has 2 aromatic rings.